The van der Waals surface area contributed by atoms with Crippen molar-refractivity contribution in [3.63, 3.8) is 0 Å². The number of hydrogen-bond donors (Lipinski definition) is 1. The van der Waals surface area contributed by atoms with E-state index >= 15 is 0 Å². The summed E-state index contributed by atoms with van der Waals surface area (Å²) in [6.45, 7) is 1.81. The van der Waals surface area contributed by atoms with E-state index in [4.69, 9.17) is 4.74 Å². The molecular weight excluding hydrogens is 298 g/mol. The van der Waals surface area contributed by atoms with Crippen LogP contribution in [0.3, 0.4) is 0 Å². The lowest BCUT2D eigenvalue weighted by Gasteiger charge is -2.37. The zero-order valence-corrected chi connectivity index (χ0v) is 12.9. The molecule has 1 aliphatic rings. The smallest absolute Gasteiger partial charge is 0.146 e. The van der Waals surface area contributed by atoms with E-state index in [9.17, 15) is 10.4 Å². The second-order valence-electron chi connectivity index (χ2n) is 5.18. The first kappa shape index (κ1) is 15.0. The monoisotopic (exact) mass is 315 g/mol. The Balaban J connectivity index is 1.81. The molecule has 1 aliphatic heterocycles. The summed E-state index contributed by atoms with van der Waals surface area (Å²) in [5, 5.41) is 21.6. The minimum Gasteiger partial charge on any atom is -0.387 e. The zero-order chi connectivity index (χ0) is 15.4. The quantitative estimate of drug-likeness (QED) is 0.938. The van der Waals surface area contributed by atoms with E-state index in [0.29, 0.717) is 37.6 Å². The molecular formula is C16H17N3O2S. The number of thiophene rings is 1. The molecule has 0 bridgehead atoms. The molecule has 0 radical (unpaired) electrons. The van der Waals surface area contributed by atoms with Gasteiger partial charge < -0.3 is 14.7 Å². The zero-order valence-electron chi connectivity index (χ0n) is 12.1. The summed E-state index contributed by atoms with van der Waals surface area (Å²) in [6.07, 6.45) is 1.73. The number of hydrogen-bond acceptors (Lipinski definition) is 6. The Hall–Kier alpha value is -1.94. The van der Waals surface area contributed by atoms with Crippen LogP contribution in [0.4, 0.5) is 5.82 Å². The minimum absolute atomic E-state index is 0.00727. The van der Waals surface area contributed by atoms with Gasteiger partial charge in [-0.15, -0.1) is 11.3 Å². The van der Waals surface area contributed by atoms with E-state index in [1.807, 2.05) is 17.5 Å². The highest BCUT2D eigenvalue weighted by Crippen LogP contribution is 2.29. The third-order valence-corrected chi connectivity index (χ3v) is 4.75. The predicted octanol–water partition coefficient (Wildman–Crippen LogP) is 2.34. The van der Waals surface area contributed by atoms with Gasteiger partial charge in [-0.05, 0) is 23.6 Å². The summed E-state index contributed by atoms with van der Waals surface area (Å²) in [7, 11) is 0. The van der Waals surface area contributed by atoms with Crippen LogP contribution < -0.4 is 4.90 Å². The largest absolute Gasteiger partial charge is 0.387 e. The maximum absolute atomic E-state index is 10.4. The van der Waals surface area contributed by atoms with Crippen molar-refractivity contribution in [1.29, 1.82) is 5.26 Å². The number of ether oxygens (including phenoxy) is 1. The lowest BCUT2D eigenvalue weighted by atomic mass is 10.1. The van der Waals surface area contributed by atoms with Crippen LogP contribution in [0.25, 0.3) is 0 Å². The number of nitrogens with zero attached hydrogens (tertiary/aromatic N) is 3. The average molecular weight is 315 g/mol. The lowest BCUT2D eigenvalue weighted by Crippen LogP contribution is -2.47. The molecule has 2 aromatic rings. The molecule has 2 atom stereocenters. The normalized spacial score (nSPS) is 19.6. The van der Waals surface area contributed by atoms with Gasteiger partial charge in [0.1, 0.15) is 11.9 Å². The van der Waals surface area contributed by atoms with Crippen molar-refractivity contribution in [1.82, 2.24) is 4.98 Å². The Morgan fingerprint density at radius 3 is 3.18 bits per heavy atom. The van der Waals surface area contributed by atoms with Gasteiger partial charge in [0.15, 0.2) is 0 Å². The molecule has 6 heteroatoms. The highest BCUT2D eigenvalue weighted by atomic mass is 32.1. The Kier molecular flexibility index (Phi) is 4.68. The average Bonchev–Trinajstić information content (AvgIpc) is 3.10. The fourth-order valence-electron chi connectivity index (χ4n) is 2.70. The Morgan fingerprint density at radius 1 is 1.50 bits per heavy atom. The number of morpholine rings is 1. The van der Waals surface area contributed by atoms with Gasteiger partial charge >= 0.3 is 0 Å². The molecule has 2 aromatic heterocycles. The van der Waals surface area contributed by atoms with Crippen LogP contribution in [0.2, 0.25) is 0 Å². The molecule has 5 nitrogen and oxygen atoms in total. The van der Waals surface area contributed by atoms with Gasteiger partial charge in [-0.1, -0.05) is 6.07 Å². The van der Waals surface area contributed by atoms with Gasteiger partial charge in [0, 0.05) is 24.0 Å². The Morgan fingerprint density at radius 2 is 2.41 bits per heavy atom. The molecule has 0 saturated carbocycles. The lowest BCUT2D eigenvalue weighted by molar-refractivity contribution is 0.0684. The topological polar surface area (TPSA) is 69.4 Å². The van der Waals surface area contributed by atoms with Gasteiger partial charge in [-0.2, -0.15) is 5.26 Å². The minimum atomic E-state index is -0.525. The summed E-state index contributed by atoms with van der Waals surface area (Å²) in [4.78, 5) is 7.40. The molecule has 1 saturated heterocycles. The summed E-state index contributed by atoms with van der Waals surface area (Å²) in [5.74, 6) is 0.677. The van der Waals surface area contributed by atoms with Gasteiger partial charge in [-0.25, -0.2) is 4.98 Å². The van der Waals surface area contributed by atoms with E-state index in [0.717, 1.165) is 4.88 Å². The molecule has 0 spiro atoms. The molecule has 2 unspecified atom stereocenters. The molecule has 3 rings (SSSR count). The van der Waals surface area contributed by atoms with Crippen LogP contribution >= 0.6 is 11.3 Å². The molecule has 1 fully saturated rings. The molecule has 0 amide bonds. The summed E-state index contributed by atoms with van der Waals surface area (Å²) in [5.41, 5.74) is 0.556. The van der Waals surface area contributed by atoms with E-state index in [1.54, 1.807) is 29.7 Å². The van der Waals surface area contributed by atoms with E-state index < -0.39 is 6.10 Å². The van der Waals surface area contributed by atoms with Gasteiger partial charge in [0.2, 0.25) is 0 Å². The first-order chi connectivity index (χ1) is 10.8. The maximum atomic E-state index is 10.4. The molecule has 0 aromatic carbocycles. The highest BCUT2D eigenvalue weighted by molar-refractivity contribution is 7.10. The first-order valence-electron chi connectivity index (χ1n) is 7.20. The van der Waals surface area contributed by atoms with Crippen LogP contribution in [0.5, 0.6) is 0 Å². The molecule has 0 aliphatic carbocycles. The number of rotatable bonds is 4. The van der Waals surface area contributed by atoms with Gasteiger partial charge in [0.05, 0.1) is 30.9 Å². The molecule has 1 N–H and O–H groups in total. The second-order valence-corrected chi connectivity index (χ2v) is 6.15. The fourth-order valence-corrected chi connectivity index (χ4v) is 3.42. The van der Waals surface area contributed by atoms with Crippen molar-refractivity contribution in [2.24, 2.45) is 0 Å². The Bertz CT molecular complexity index is 654. The number of aliphatic hydroxyl groups is 1. The van der Waals surface area contributed by atoms with Crippen LogP contribution in [0, 0.1) is 11.3 Å². The number of anilines is 1. The van der Waals surface area contributed by atoms with Crippen molar-refractivity contribution in [2.45, 2.75) is 18.6 Å². The highest BCUT2D eigenvalue weighted by Gasteiger charge is 2.28. The molecule has 3 heterocycles. The Labute approximate surface area is 133 Å². The van der Waals surface area contributed by atoms with Crippen molar-refractivity contribution < 1.29 is 9.84 Å². The van der Waals surface area contributed by atoms with Gasteiger partial charge in [-0.3, -0.25) is 0 Å². The van der Waals surface area contributed by atoms with E-state index in [2.05, 4.69) is 16.0 Å². The van der Waals surface area contributed by atoms with Crippen molar-refractivity contribution in [3.8, 4) is 6.07 Å². The summed E-state index contributed by atoms with van der Waals surface area (Å²) < 4.78 is 5.57. The predicted molar refractivity (Wildman–Crippen MR) is 84.8 cm³/mol. The molecule has 22 heavy (non-hydrogen) atoms. The third kappa shape index (κ3) is 3.12. The van der Waals surface area contributed by atoms with E-state index in [-0.39, 0.29) is 6.04 Å². The third-order valence-electron chi connectivity index (χ3n) is 3.77. The SMILES string of the molecule is N#Cc1cccnc1N1CCOCC1CC(O)c1cccs1. The standard InChI is InChI=1S/C16H17N3O2S/c17-10-12-3-1-5-18-16(12)19-6-7-21-11-13(19)9-14(20)15-4-2-8-22-15/h1-5,8,13-14,20H,6-7,9,11H2. The fraction of sp³-hybridized carbons (Fsp3) is 0.375. The van der Waals surface area contributed by atoms with Crippen molar-refractivity contribution in [2.75, 3.05) is 24.7 Å². The van der Waals surface area contributed by atoms with Crippen molar-refractivity contribution >= 4 is 17.2 Å². The van der Waals surface area contributed by atoms with Crippen LogP contribution in [-0.2, 0) is 4.74 Å². The van der Waals surface area contributed by atoms with Gasteiger partial charge in [0.25, 0.3) is 0 Å². The summed E-state index contributed by atoms with van der Waals surface area (Å²) in [6, 6.07) is 9.60. The summed E-state index contributed by atoms with van der Waals surface area (Å²) >= 11 is 1.55. The number of aliphatic hydroxyl groups excluding tert-OH is 1. The van der Waals surface area contributed by atoms with Crippen LogP contribution in [0.15, 0.2) is 35.8 Å². The second kappa shape index (κ2) is 6.88. The number of pyridine rings is 1. The number of nitriles is 1. The van der Waals surface area contributed by atoms with E-state index in [1.165, 1.54) is 0 Å². The van der Waals surface area contributed by atoms with Crippen molar-refractivity contribution in [3.05, 3.63) is 46.3 Å². The van der Waals surface area contributed by atoms with Crippen LogP contribution in [-0.4, -0.2) is 35.9 Å². The number of aromatic nitrogens is 1. The first-order valence-corrected chi connectivity index (χ1v) is 8.08. The van der Waals surface area contributed by atoms with Crippen LogP contribution in [0.1, 0.15) is 23.0 Å². The molecule has 114 valence electrons. The maximum Gasteiger partial charge on any atom is 0.146 e.